The van der Waals surface area contributed by atoms with Crippen LogP contribution in [0.15, 0.2) is 18.2 Å². The van der Waals surface area contributed by atoms with Crippen LogP contribution in [0, 0.1) is 0 Å². The molecule has 0 aliphatic carbocycles. The van der Waals surface area contributed by atoms with E-state index in [1.54, 1.807) is 23.1 Å². The SMILES string of the molecule is CCC(C)N(CCC(=O)NCCN1CCOCC1)C(=O)Nc1cccc(Cl)c1Cl. The van der Waals surface area contributed by atoms with Crippen LogP contribution in [0.1, 0.15) is 26.7 Å². The summed E-state index contributed by atoms with van der Waals surface area (Å²) in [5, 5.41) is 6.40. The molecule has 162 valence electrons. The number of morpholine rings is 1. The molecular weight excluding hydrogens is 415 g/mol. The first kappa shape index (κ1) is 23.7. The van der Waals surface area contributed by atoms with Crippen molar-refractivity contribution in [3.63, 3.8) is 0 Å². The van der Waals surface area contributed by atoms with Gasteiger partial charge in [-0.2, -0.15) is 0 Å². The lowest BCUT2D eigenvalue weighted by atomic mass is 10.2. The normalized spacial score (nSPS) is 15.6. The van der Waals surface area contributed by atoms with Gasteiger partial charge in [-0.05, 0) is 25.5 Å². The van der Waals surface area contributed by atoms with Crippen molar-refractivity contribution in [1.82, 2.24) is 15.1 Å². The molecule has 0 spiro atoms. The highest BCUT2D eigenvalue weighted by Crippen LogP contribution is 2.29. The number of amides is 3. The lowest BCUT2D eigenvalue weighted by Gasteiger charge is -2.29. The van der Waals surface area contributed by atoms with Gasteiger partial charge in [0.2, 0.25) is 5.91 Å². The Morgan fingerprint density at radius 1 is 1.28 bits per heavy atom. The maximum atomic E-state index is 12.8. The van der Waals surface area contributed by atoms with Gasteiger partial charge in [-0.1, -0.05) is 36.2 Å². The first-order valence-electron chi connectivity index (χ1n) is 10.0. The number of carbonyl (C=O) groups excluding carboxylic acids is 2. The topological polar surface area (TPSA) is 73.9 Å². The van der Waals surface area contributed by atoms with E-state index in [9.17, 15) is 9.59 Å². The van der Waals surface area contributed by atoms with E-state index in [2.05, 4.69) is 15.5 Å². The van der Waals surface area contributed by atoms with Gasteiger partial charge in [-0.3, -0.25) is 9.69 Å². The molecule has 7 nitrogen and oxygen atoms in total. The van der Waals surface area contributed by atoms with Gasteiger partial charge in [-0.25, -0.2) is 4.79 Å². The molecule has 1 aromatic carbocycles. The molecule has 3 amide bonds. The number of halogens is 2. The predicted octanol–water partition coefficient (Wildman–Crippen LogP) is 3.46. The summed E-state index contributed by atoms with van der Waals surface area (Å²) in [6.07, 6.45) is 1.01. The minimum atomic E-state index is -0.301. The average molecular weight is 445 g/mol. The van der Waals surface area contributed by atoms with Gasteiger partial charge in [0.1, 0.15) is 0 Å². The summed E-state index contributed by atoms with van der Waals surface area (Å²) >= 11 is 12.2. The number of nitrogens with zero attached hydrogens (tertiary/aromatic N) is 2. The molecule has 1 saturated heterocycles. The molecule has 0 radical (unpaired) electrons. The molecule has 1 aromatic rings. The minimum Gasteiger partial charge on any atom is -0.379 e. The molecule has 0 saturated carbocycles. The molecule has 1 aliphatic rings. The summed E-state index contributed by atoms with van der Waals surface area (Å²) in [6, 6.07) is 4.75. The minimum absolute atomic E-state index is 0.0193. The summed E-state index contributed by atoms with van der Waals surface area (Å²) < 4.78 is 5.32. The van der Waals surface area contributed by atoms with Gasteiger partial charge in [0.15, 0.2) is 0 Å². The number of hydrogen-bond acceptors (Lipinski definition) is 4. The van der Waals surface area contributed by atoms with Crippen LogP contribution in [0.5, 0.6) is 0 Å². The molecule has 0 aromatic heterocycles. The zero-order chi connectivity index (χ0) is 21.2. The lowest BCUT2D eigenvalue weighted by molar-refractivity contribution is -0.121. The van der Waals surface area contributed by atoms with Gasteiger partial charge < -0.3 is 20.3 Å². The Balaban J connectivity index is 1.83. The molecule has 2 N–H and O–H groups in total. The van der Waals surface area contributed by atoms with Crippen molar-refractivity contribution in [3.8, 4) is 0 Å². The number of carbonyl (C=O) groups is 2. The fourth-order valence-corrected chi connectivity index (χ4v) is 3.37. The highest BCUT2D eigenvalue weighted by molar-refractivity contribution is 6.43. The third-order valence-corrected chi connectivity index (χ3v) is 5.83. The van der Waals surface area contributed by atoms with Crippen molar-refractivity contribution in [3.05, 3.63) is 28.2 Å². The third-order valence-electron chi connectivity index (χ3n) is 5.01. The molecule has 9 heteroatoms. The summed E-state index contributed by atoms with van der Waals surface area (Å²) in [7, 11) is 0. The largest absolute Gasteiger partial charge is 0.379 e. The van der Waals surface area contributed by atoms with Gasteiger partial charge in [0.05, 0.1) is 28.9 Å². The van der Waals surface area contributed by atoms with E-state index >= 15 is 0 Å². The second kappa shape index (κ2) is 12.2. The van der Waals surface area contributed by atoms with E-state index in [1.165, 1.54) is 0 Å². The van der Waals surface area contributed by atoms with Gasteiger partial charge >= 0.3 is 6.03 Å². The number of benzene rings is 1. The summed E-state index contributed by atoms with van der Waals surface area (Å²) in [4.78, 5) is 28.9. The molecular formula is C20H30Cl2N4O3. The monoisotopic (exact) mass is 444 g/mol. The smallest absolute Gasteiger partial charge is 0.322 e. The molecule has 0 bridgehead atoms. The molecule has 1 atom stereocenters. The Labute approximate surface area is 182 Å². The Morgan fingerprint density at radius 3 is 2.69 bits per heavy atom. The molecule has 29 heavy (non-hydrogen) atoms. The quantitative estimate of drug-likeness (QED) is 0.611. The Hall–Kier alpha value is -1.54. The summed E-state index contributed by atoms with van der Waals surface area (Å²) in [5.74, 6) is -0.0693. The first-order chi connectivity index (χ1) is 13.9. The Kier molecular flexibility index (Phi) is 10.0. The van der Waals surface area contributed by atoms with Gasteiger partial charge in [-0.15, -0.1) is 0 Å². The Morgan fingerprint density at radius 2 is 2.00 bits per heavy atom. The molecule has 1 fully saturated rings. The number of ether oxygens (including phenoxy) is 1. The van der Waals surface area contributed by atoms with Crippen molar-refractivity contribution in [2.75, 3.05) is 51.3 Å². The number of urea groups is 1. The Bertz CT molecular complexity index is 684. The molecule has 1 heterocycles. The van der Waals surface area contributed by atoms with E-state index in [0.29, 0.717) is 28.8 Å². The second-order valence-corrected chi connectivity index (χ2v) is 7.82. The van der Waals surface area contributed by atoms with Crippen LogP contribution in [0.2, 0.25) is 10.0 Å². The maximum absolute atomic E-state index is 12.8. The fraction of sp³-hybridized carbons (Fsp3) is 0.600. The zero-order valence-corrected chi connectivity index (χ0v) is 18.6. The summed E-state index contributed by atoms with van der Waals surface area (Å²) in [6.45, 7) is 8.93. The van der Waals surface area contributed by atoms with Crippen molar-refractivity contribution in [1.29, 1.82) is 0 Å². The number of rotatable bonds is 9. The van der Waals surface area contributed by atoms with Gasteiger partial charge in [0.25, 0.3) is 0 Å². The van der Waals surface area contributed by atoms with E-state index in [1.807, 2.05) is 13.8 Å². The zero-order valence-electron chi connectivity index (χ0n) is 17.0. The summed E-state index contributed by atoms with van der Waals surface area (Å²) in [5.41, 5.74) is 0.451. The van der Waals surface area contributed by atoms with Crippen LogP contribution in [0.3, 0.4) is 0 Å². The molecule has 1 unspecified atom stereocenters. The van der Waals surface area contributed by atoms with Crippen LogP contribution in [-0.2, 0) is 9.53 Å². The fourth-order valence-electron chi connectivity index (χ4n) is 3.02. The second-order valence-electron chi connectivity index (χ2n) is 7.04. The number of hydrogen-bond donors (Lipinski definition) is 2. The van der Waals surface area contributed by atoms with Gasteiger partial charge in [0, 0.05) is 45.2 Å². The van der Waals surface area contributed by atoms with Crippen LogP contribution in [-0.4, -0.2) is 73.7 Å². The highest BCUT2D eigenvalue weighted by Gasteiger charge is 2.21. The maximum Gasteiger partial charge on any atom is 0.322 e. The lowest BCUT2D eigenvalue weighted by Crippen LogP contribution is -2.44. The van der Waals surface area contributed by atoms with Crippen molar-refractivity contribution >= 4 is 40.8 Å². The van der Waals surface area contributed by atoms with E-state index in [-0.39, 0.29) is 24.4 Å². The first-order valence-corrected chi connectivity index (χ1v) is 10.8. The predicted molar refractivity (Wildman–Crippen MR) is 117 cm³/mol. The standard InChI is InChI=1S/C20H30Cl2N4O3/c1-3-15(2)26(20(28)24-17-6-4-5-16(21)19(17)22)9-7-18(27)23-8-10-25-11-13-29-14-12-25/h4-6,15H,3,7-14H2,1-2H3,(H,23,27)(H,24,28). The van der Waals surface area contributed by atoms with Crippen LogP contribution < -0.4 is 10.6 Å². The highest BCUT2D eigenvalue weighted by atomic mass is 35.5. The average Bonchev–Trinajstić information content (AvgIpc) is 2.72. The third kappa shape index (κ3) is 7.66. The number of nitrogens with one attached hydrogen (secondary N) is 2. The number of anilines is 1. The van der Waals surface area contributed by atoms with E-state index in [4.69, 9.17) is 27.9 Å². The van der Waals surface area contributed by atoms with Crippen molar-refractivity contribution in [2.45, 2.75) is 32.7 Å². The molecule has 2 rings (SSSR count). The molecule has 1 aliphatic heterocycles. The van der Waals surface area contributed by atoms with E-state index < -0.39 is 0 Å². The van der Waals surface area contributed by atoms with E-state index in [0.717, 1.165) is 39.3 Å². The van der Waals surface area contributed by atoms with Crippen LogP contribution in [0.4, 0.5) is 10.5 Å². The van der Waals surface area contributed by atoms with Crippen molar-refractivity contribution in [2.24, 2.45) is 0 Å². The van der Waals surface area contributed by atoms with Crippen LogP contribution in [0.25, 0.3) is 0 Å². The van der Waals surface area contributed by atoms with Crippen LogP contribution >= 0.6 is 23.2 Å². The van der Waals surface area contributed by atoms with Crippen molar-refractivity contribution < 1.29 is 14.3 Å².